The Labute approximate surface area is 172 Å². The van der Waals surface area contributed by atoms with Gasteiger partial charge < -0.3 is 29.8 Å². The standard InChI is InChI=1S/C20H43NO2.H3O4P/c1-4-5-6-7-8-9-10-11-12-13-14-15-16-20(23)19(17-18-22)21(2)3;1-5(2,3)4/h19-20,22-23H,4-18H2,1-3H3;(H3,1,2,3,4). The molecule has 0 heterocycles. The van der Waals surface area contributed by atoms with Gasteiger partial charge in [0.15, 0.2) is 0 Å². The number of rotatable bonds is 17. The fraction of sp³-hybridized carbons (Fsp3) is 1.00. The lowest BCUT2D eigenvalue weighted by Crippen LogP contribution is -2.39. The number of phosphoric acid groups is 1. The summed E-state index contributed by atoms with van der Waals surface area (Å²) in [5.74, 6) is 0. The van der Waals surface area contributed by atoms with Crippen molar-refractivity contribution in [2.24, 2.45) is 0 Å². The van der Waals surface area contributed by atoms with Crippen LogP contribution in [0.15, 0.2) is 0 Å². The maximum absolute atomic E-state index is 10.2. The van der Waals surface area contributed by atoms with E-state index >= 15 is 0 Å². The molecule has 0 rings (SSSR count). The van der Waals surface area contributed by atoms with Crippen LogP contribution in [0.5, 0.6) is 0 Å². The van der Waals surface area contributed by atoms with E-state index in [9.17, 15) is 5.11 Å². The smallest absolute Gasteiger partial charge is 0.396 e. The van der Waals surface area contributed by atoms with Crippen LogP contribution >= 0.6 is 7.82 Å². The summed E-state index contributed by atoms with van der Waals surface area (Å²) in [6.07, 6.45) is 17.4. The Morgan fingerprint density at radius 3 is 1.43 bits per heavy atom. The zero-order chi connectivity index (χ0) is 21.8. The van der Waals surface area contributed by atoms with Gasteiger partial charge in [0.1, 0.15) is 0 Å². The summed E-state index contributed by atoms with van der Waals surface area (Å²) in [7, 11) is -0.683. The van der Waals surface area contributed by atoms with Crippen molar-refractivity contribution in [2.45, 2.75) is 109 Å². The molecule has 0 spiro atoms. The molecular weight excluding hydrogens is 381 g/mol. The van der Waals surface area contributed by atoms with Crippen LogP contribution < -0.4 is 0 Å². The number of nitrogens with zero attached hydrogens (tertiary/aromatic N) is 1. The number of hydrogen-bond donors (Lipinski definition) is 5. The highest BCUT2D eigenvalue weighted by Crippen LogP contribution is 2.25. The van der Waals surface area contributed by atoms with E-state index in [1.165, 1.54) is 70.6 Å². The summed E-state index contributed by atoms with van der Waals surface area (Å²) < 4.78 is 8.88. The van der Waals surface area contributed by atoms with Crippen molar-refractivity contribution in [3.05, 3.63) is 0 Å². The van der Waals surface area contributed by atoms with Crippen molar-refractivity contribution in [1.82, 2.24) is 4.90 Å². The average Bonchev–Trinajstić information content (AvgIpc) is 2.58. The van der Waals surface area contributed by atoms with Crippen molar-refractivity contribution < 1.29 is 29.5 Å². The molecule has 7 nitrogen and oxygen atoms in total. The van der Waals surface area contributed by atoms with E-state index in [1.54, 1.807) is 0 Å². The minimum absolute atomic E-state index is 0.0905. The second-order valence-corrected chi connectivity index (χ2v) is 8.83. The fourth-order valence-electron chi connectivity index (χ4n) is 3.31. The predicted molar refractivity (Wildman–Crippen MR) is 115 cm³/mol. The zero-order valence-corrected chi connectivity index (χ0v) is 19.2. The SMILES string of the molecule is CCCCCCCCCCCCCCC(O)C(CCO)N(C)C.O=P(O)(O)O. The number of likely N-dealkylation sites (N-methyl/N-ethyl adjacent to an activating group) is 1. The molecule has 0 fully saturated rings. The van der Waals surface area contributed by atoms with Gasteiger partial charge in [-0.15, -0.1) is 0 Å². The molecule has 28 heavy (non-hydrogen) atoms. The van der Waals surface area contributed by atoms with Crippen LogP contribution in [0.2, 0.25) is 0 Å². The monoisotopic (exact) mass is 427 g/mol. The molecule has 0 radical (unpaired) electrons. The first kappa shape index (κ1) is 30.2. The third-order valence-corrected chi connectivity index (χ3v) is 4.89. The first-order chi connectivity index (χ1) is 13.1. The maximum atomic E-state index is 10.2. The molecule has 2 unspecified atom stereocenters. The van der Waals surface area contributed by atoms with Crippen LogP contribution in [0, 0.1) is 0 Å². The largest absolute Gasteiger partial charge is 0.466 e. The van der Waals surface area contributed by atoms with Gasteiger partial charge in [-0.3, -0.25) is 0 Å². The van der Waals surface area contributed by atoms with Crippen LogP contribution in [-0.4, -0.2) is 62.6 Å². The van der Waals surface area contributed by atoms with Crippen LogP contribution in [0.4, 0.5) is 0 Å². The van der Waals surface area contributed by atoms with Crippen LogP contribution in [0.3, 0.4) is 0 Å². The Kier molecular flexibility index (Phi) is 21.9. The van der Waals surface area contributed by atoms with Gasteiger partial charge in [0.05, 0.1) is 6.10 Å². The molecular formula is C20H46NO6P. The molecule has 0 aliphatic heterocycles. The van der Waals surface area contributed by atoms with E-state index in [-0.39, 0.29) is 18.8 Å². The molecule has 0 aliphatic carbocycles. The number of aliphatic hydroxyl groups is 2. The summed E-state index contributed by atoms with van der Waals surface area (Å²) in [6, 6.07) is 0.0905. The van der Waals surface area contributed by atoms with Crippen LogP contribution in [0.1, 0.15) is 96.8 Å². The summed E-state index contributed by atoms with van der Waals surface area (Å²) in [6.45, 7) is 2.42. The van der Waals surface area contributed by atoms with Gasteiger partial charge in [-0.2, -0.15) is 0 Å². The average molecular weight is 428 g/mol. The summed E-state index contributed by atoms with van der Waals surface area (Å²) in [5, 5.41) is 19.3. The highest BCUT2D eigenvalue weighted by molar-refractivity contribution is 7.45. The Morgan fingerprint density at radius 2 is 1.11 bits per heavy atom. The number of hydrogen-bond acceptors (Lipinski definition) is 4. The molecule has 0 aromatic rings. The van der Waals surface area contributed by atoms with Crippen LogP contribution in [-0.2, 0) is 4.57 Å². The molecule has 0 bridgehead atoms. The van der Waals surface area contributed by atoms with Crippen molar-refractivity contribution in [3.63, 3.8) is 0 Å². The lowest BCUT2D eigenvalue weighted by molar-refractivity contribution is 0.0521. The van der Waals surface area contributed by atoms with E-state index in [0.717, 1.165) is 12.8 Å². The third kappa shape index (κ3) is 26.0. The minimum atomic E-state index is -4.64. The molecule has 0 aromatic carbocycles. The van der Waals surface area contributed by atoms with E-state index in [1.807, 2.05) is 19.0 Å². The molecule has 0 aliphatic rings. The van der Waals surface area contributed by atoms with Gasteiger partial charge in [0.25, 0.3) is 0 Å². The van der Waals surface area contributed by atoms with Crippen molar-refractivity contribution in [3.8, 4) is 0 Å². The fourth-order valence-corrected chi connectivity index (χ4v) is 3.31. The first-order valence-corrected chi connectivity index (χ1v) is 12.4. The normalized spacial score (nSPS) is 13.9. The summed E-state index contributed by atoms with van der Waals surface area (Å²) in [4.78, 5) is 23.6. The third-order valence-electron chi connectivity index (χ3n) is 4.89. The van der Waals surface area contributed by atoms with E-state index in [0.29, 0.717) is 6.42 Å². The van der Waals surface area contributed by atoms with Gasteiger partial charge >= 0.3 is 7.82 Å². The second-order valence-electron chi connectivity index (χ2n) is 7.80. The van der Waals surface area contributed by atoms with Gasteiger partial charge in [0, 0.05) is 12.6 Å². The van der Waals surface area contributed by atoms with E-state index in [4.69, 9.17) is 24.4 Å². The van der Waals surface area contributed by atoms with Crippen molar-refractivity contribution in [1.29, 1.82) is 0 Å². The van der Waals surface area contributed by atoms with Gasteiger partial charge in [0.2, 0.25) is 0 Å². The number of unbranched alkanes of at least 4 members (excludes halogenated alkanes) is 11. The van der Waals surface area contributed by atoms with E-state index in [2.05, 4.69) is 6.92 Å². The number of aliphatic hydroxyl groups excluding tert-OH is 2. The van der Waals surface area contributed by atoms with Crippen molar-refractivity contribution in [2.75, 3.05) is 20.7 Å². The second kappa shape index (κ2) is 20.3. The molecule has 0 saturated heterocycles. The molecule has 8 heteroatoms. The Balaban J connectivity index is 0. The highest BCUT2D eigenvalue weighted by atomic mass is 31.2. The molecule has 5 N–H and O–H groups in total. The highest BCUT2D eigenvalue weighted by Gasteiger charge is 2.20. The quantitative estimate of drug-likeness (QED) is 0.177. The molecule has 0 aromatic heterocycles. The van der Waals surface area contributed by atoms with Crippen molar-refractivity contribution >= 4 is 7.82 Å². The lowest BCUT2D eigenvalue weighted by atomic mass is 9.99. The van der Waals surface area contributed by atoms with Gasteiger partial charge in [-0.1, -0.05) is 84.0 Å². The summed E-state index contributed by atoms with van der Waals surface area (Å²) in [5.41, 5.74) is 0. The molecule has 172 valence electrons. The Bertz CT molecular complexity index is 356. The first-order valence-electron chi connectivity index (χ1n) is 10.9. The Morgan fingerprint density at radius 1 is 0.750 bits per heavy atom. The molecule has 2 atom stereocenters. The summed E-state index contributed by atoms with van der Waals surface area (Å²) >= 11 is 0. The Hall–Kier alpha value is -0.0100. The predicted octanol–water partition coefficient (Wildman–Crippen LogP) is 3.82. The molecule has 0 saturated carbocycles. The minimum Gasteiger partial charge on any atom is -0.396 e. The van der Waals surface area contributed by atoms with Crippen LogP contribution in [0.25, 0.3) is 0 Å². The maximum Gasteiger partial charge on any atom is 0.466 e. The van der Waals surface area contributed by atoms with E-state index < -0.39 is 7.82 Å². The topological polar surface area (TPSA) is 121 Å². The lowest BCUT2D eigenvalue weighted by Gasteiger charge is -2.28. The van der Waals surface area contributed by atoms with Gasteiger partial charge in [-0.05, 0) is 26.9 Å². The molecule has 0 amide bonds. The zero-order valence-electron chi connectivity index (χ0n) is 18.3. The van der Waals surface area contributed by atoms with Gasteiger partial charge in [-0.25, -0.2) is 4.57 Å².